The highest BCUT2D eigenvalue weighted by atomic mass is 35.5. The van der Waals surface area contributed by atoms with Gasteiger partial charge in [-0.05, 0) is 55.0 Å². The summed E-state index contributed by atoms with van der Waals surface area (Å²) >= 11 is 7.54. The van der Waals surface area contributed by atoms with Crippen LogP contribution in [0.5, 0.6) is 5.75 Å². The van der Waals surface area contributed by atoms with Gasteiger partial charge in [0.2, 0.25) is 0 Å². The number of nitrogens with zero attached hydrogens (tertiary/aromatic N) is 2. The minimum atomic E-state index is 0.748. The van der Waals surface area contributed by atoms with E-state index in [-0.39, 0.29) is 0 Å². The van der Waals surface area contributed by atoms with E-state index in [1.54, 1.807) is 18.9 Å². The van der Waals surface area contributed by atoms with Crippen LogP contribution in [0.1, 0.15) is 11.3 Å². The number of aromatic nitrogens is 2. The first-order valence-corrected chi connectivity index (χ1v) is 8.88. The van der Waals surface area contributed by atoms with E-state index in [0.29, 0.717) is 0 Å². The van der Waals surface area contributed by atoms with Gasteiger partial charge in [0.05, 0.1) is 12.8 Å². The summed E-state index contributed by atoms with van der Waals surface area (Å²) in [5.41, 5.74) is 4.12. The fraction of sp³-hybridized carbons (Fsp3) is 0.158. The second-order valence-electron chi connectivity index (χ2n) is 5.32. The Morgan fingerprint density at radius 2 is 1.71 bits per heavy atom. The number of methoxy groups -OCH3 is 1. The van der Waals surface area contributed by atoms with Crippen LogP contribution >= 0.6 is 23.4 Å². The predicted molar refractivity (Wildman–Crippen MR) is 99.8 cm³/mol. The SMILES string of the molecule is COc1ccc(-c2cc(C)nc(SCc3ccc(Cl)cc3)n2)cc1. The molecule has 0 N–H and O–H groups in total. The number of hydrogen-bond donors (Lipinski definition) is 0. The van der Waals surface area contributed by atoms with Crippen LogP contribution in [0.4, 0.5) is 0 Å². The molecule has 0 aliphatic carbocycles. The number of rotatable bonds is 5. The van der Waals surface area contributed by atoms with E-state index in [2.05, 4.69) is 9.97 Å². The van der Waals surface area contributed by atoms with E-state index in [1.165, 1.54) is 5.56 Å². The van der Waals surface area contributed by atoms with Crippen molar-refractivity contribution in [2.45, 2.75) is 17.8 Å². The Morgan fingerprint density at radius 3 is 2.38 bits per heavy atom. The van der Waals surface area contributed by atoms with Crippen molar-refractivity contribution in [2.24, 2.45) is 0 Å². The highest BCUT2D eigenvalue weighted by molar-refractivity contribution is 7.98. The van der Waals surface area contributed by atoms with Crippen molar-refractivity contribution in [1.82, 2.24) is 9.97 Å². The van der Waals surface area contributed by atoms with Crippen molar-refractivity contribution in [3.05, 3.63) is 70.9 Å². The minimum absolute atomic E-state index is 0.748. The number of benzene rings is 2. The molecule has 0 fully saturated rings. The molecule has 122 valence electrons. The minimum Gasteiger partial charge on any atom is -0.497 e. The number of aryl methyl sites for hydroxylation is 1. The fourth-order valence-corrected chi connectivity index (χ4v) is 3.23. The van der Waals surface area contributed by atoms with Crippen LogP contribution < -0.4 is 4.74 Å². The third-order valence-corrected chi connectivity index (χ3v) is 4.67. The van der Waals surface area contributed by atoms with Crippen LogP contribution in [-0.4, -0.2) is 17.1 Å². The lowest BCUT2D eigenvalue weighted by Gasteiger charge is -2.07. The van der Waals surface area contributed by atoms with Gasteiger partial charge in [0.1, 0.15) is 5.75 Å². The molecule has 1 heterocycles. The predicted octanol–water partition coefficient (Wildman–Crippen LogP) is 5.41. The molecule has 2 aromatic carbocycles. The molecule has 3 rings (SSSR count). The van der Waals surface area contributed by atoms with Crippen molar-refractivity contribution in [1.29, 1.82) is 0 Å². The van der Waals surface area contributed by atoms with Crippen LogP contribution in [0.2, 0.25) is 5.02 Å². The summed E-state index contributed by atoms with van der Waals surface area (Å²) in [7, 11) is 1.66. The quantitative estimate of drug-likeness (QED) is 0.452. The summed E-state index contributed by atoms with van der Waals surface area (Å²) in [5, 5.41) is 1.52. The lowest BCUT2D eigenvalue weighted by atomic mass is 10.1. The highest BCUT2D eigenvalue weighted by Gasteiger charge is 2.06. The second kappa shape index (κ2) is 7.69. The first-order valence-electron chi connectivity index (χ1n) is 7.51. The topological polar surface area (TPSA) is 35.0 Å². The van der Waals surface area contributed by atoms with Crippen molar-refractivity contribution in [2.75, 3.05) is 7.11 Å². The second-order valence-corrected chi connectivity index (χ2v) is 6.70. The average molecular weight is 357 g/mol. The largest absolute Gasteiger partial charge is 0.497 e. The third kappa shape index (κ3) is 4.28. The molecule has 0 saturated heterocycles. The van der Waals surface area contributed by atoms with Gasteiger partial charge in [-0.3, -0.25) is 0 Å². The van der Waals surface area contributed by atoms with E-state index in [9.17, 15) is 0 Å². The maximum atomic E-state index is 5.92. The Labute approximate surface area is 151 Å². The average Bonchev–Trinajstić information content (AvgIpc) is 2.61. The van der Waals surface area contributed by atoms with Gasteiger partial charge >= 0.3 is 0 Å². The van der Waals surface area contributed by atoms with E-state index in [1.807, 2.05) is 61.5 Å². The summed E-state index contributed by atoms with van der Waals surface area (Å²) in [6.45, 7) is 1.99. The molecule has 0 radical (unpaired) electrons. The van der Waals surface area contributed by atoms with Crippen LogP contribution in [-0.2, 0) is 5.75 Å². The lowest BCUT2D eigenvalue weighted by molar-refractivity contribution is 0.415. The highest BCUT2D eigenvalue weighted by Crippen LogP contribution is 2.25. The summed E-state index contributed by atoms with van der Waals surface area (Å²) in [6.07, 6.45) is 0. The van der Waals surface area contributed by atoms with Crippen LogP contribution in [0.25, 0.3) is 11.3 Å². The molecule has 0 aliphatic rings. The Bertz CT molecular complexity index is 820. The molecular formula is C19H17ClN2OS. The van der Waals surface area contributed by atoms with E-state index < -0.39 is 0 Å². The normalized spacial score (nSPS) is 10.6. The Hall–Kier alpha value is -2.04. The van der Waals surface area contributed by atoms with Gasteiger partial charge in [0, 0.05) is 22.0 Å². The molecule has 3 aromatic rings. The van der Waals surface area contributed by atoms with Crippen molar-refractivity contribution in [3.8, 4) is 17.0 Å². The summed E-state index contributed by atoms with van der Waals surface area (Å²) in [4.78, 5) is 9.20. The van der Waals surface area contributed by atoms with Crippen molar-refractivity contribution in [3.63, 3.8) is 0 Å². The van der Waals surface area contributed by atoms with Gasteiger partial charge < -0.3 is 4.74 Å². The zero-order chi connectivity index (χ0) is 16.9. The standard InChI is InChI=1S/C19H17ClN2OS/c1-13-11-18(15-5-9-17(23-2)10-6-15)22-19(21-13)24-12-14-3-7-16(20)8-4-14/h3-11H,12H2,1-2H3. The molecule has 0 unspecified atom stereocenters. The molecule has 0 aliphatic heterocycles. The first kappa shape index (κ1) is 16.8. The lowest BCUT2D eigenvalue weighted by Crippen LogP contribution is -1.94. The molecule has 24 heavy (non-hydrogen) atoms. The third-order valence-electron chi connectivity index (χ3n) is 3.50. The molecule has 0 bridgehead atoms. The molecule has 1 aromatic heterocycles. The number of ether oxygens (including phenoxy) is 1. The van der Waals surface area contributed by atoms with Crippen molar-refractivity contribution < 1.29 is 4.74 Å². The molecule has 0 amide bonds. The maximum Gasteiger partial charge on any atom is 0.188 e. The van der Waals surface area contributed by atoms with Gasteiger partial charge in [-0.1, -0.05) is 35.5 Å². The molecular weight excluding hydrogens is 340 g/mol. The van der Waals surface area contributed by atoms with E-state index >= 15 is 0 Å². The summed E-state index contributed by atoms with van der Waals surface area (Å²) < 4.78 is 5.20. The fourth-order valence-electron chi connectivity index (χ4n) is 2.24. The van der Waals surface area contributed by atoms with Crippen LogP contribution in [0.3, 0.4) is 0 Å². The molecule has 0 spiro atoms. The van der Waals surface area contributed by atoms with Gasteiger partial charge in [-0.2, -0.15) is 0 Å². The zero-order valence-electron chi connectivity index (χ0n) is 13.5. The van der Waals surface area contributed by atoms with E-state index in [4.69, 9.17) is 16.3 Å². The zero-order valence-corrected chi connectivity index (χ0v) is 15.1. The number of hydrogen-bond acceptors (Lipinski definition) is 4. The Balaban J connectivity index is 1.78. The molecule has 0 atom stereocenters. The summed E-state index contributed by atoms with van der Waals surface area (Å²) in [6, 6.07) is 17.7. The Kier molecular flexibility index (Phi) is 5.38. The number of halogens is 1. The van der Waals surface area contributed by atoms with Gasteiger partial charge in [0.25, 0.3) is 0 Å². The first-order chi connectivity index (χ1) is 11.6. The Morgan fingerprint density at radius 1 is 1.00 bits per heavy atom. The van der Waals surface area contributed by atoms with Gasteiger partial charge in [-0.25, -0.2) is 9.97 Å². The van der Waals surface area contributed by atoms with Gasteiger partial charge in [0.15, 0.2) is 5.16 Å². The molecule has 5 heteroatoms. The number of thioether (sulfide) groups is 1. The summed E-state index contributed by atoms with van der Waals surface area (Å²) in [5.74, 6) is 1.64. The smallest absolute Gasteiger partial charge is 0.188 e. The van der Waals surface area contributed by atoms with Crippen LogP contribution in [0, 0.1) is 6.92 Å². The molecule has 0 saturated carbocycles. The van der Waals surface area contributed by atoms with E-state index in [0.717, 1.165) is 38.6 Å². The maximum absolute atomic E-state index is 5.92. The van der Waals surface area contributed by atoms with Gasteiger partial charge in [-0.15, -0.1) is 0 Å². The monoisotopic (exact) mass is 356 g/mol. The molecule has 3 nitrogen and oxygen atoms in total. The van der Waals surface area contributed by atoms with Crippen molar-refractivity contribution >= 4 is 23.4 Å². The van der Waals surface area contributed by atoms with Crippen LogP contribution in [0.15, 0.2) is 59.8 Å².